The molecule has 2 heterocycles. The second kappa shape index (κ2) is 7.36. The van der Waals surface area contributed by atoms with Crippen LogP contribution in [0.1, 0.15) is 34.8 Å². The lowest BCUT2D eigenvalue weighted by molar-refractivity contribution is -0.117. The number of anilines is 1. The van der Waals surface area contributed by atoms with Crippen molar-refractivity contribution in [2.45, 2.75) is 25.8 Å². The van der Waals surface area contributed by atoms with E-state index in [1.165, 1.54) is 17.1 Å². The Kier molecular flexibility index (Phi) is 4.75. The predicted octanol–water partition coefficient (Wildman–Crippen LogP) is 2.79. The second-order valence-electron chi connectivity index (χ2n) is 6.78. The predicted molar refractivity (Wildman–Crippen MR) is 103 cm³/mol. The smallest absolute Gasteiger partial charge is 0.256 e. The number of H-pyrrole nitrogens is 1. The normalized spacial score (nSPS) is 16.6. The van der Waals surface area contributed by atoms with E-state index in [0.29, 0.717) is 17.7 Å². The van der Waals surface area contributed by atoms with Gasteiger partial charge in [-0.25, -0.2) is 19.8 Å². The number of amides is 1. The summed E-state index contributed by atoms with van der Waals surface area (Å²) in [5.74, 6) is -0.314. The Balaban J connectivity index is 1.58. The minimum Gasteiger partial charge on any atom is -0.291 e. The fourth-order valence-corrected chi connectivity index (χ4v) is 3.31. The molecule has 6 nitrogen and oxygen atoms in total. The maximum atomic E-state index is 13.1. The van der Waals surface area contributed by atoms with Crippen LogP contribution in [0.15, 0.2) is 59.4 Å². The lowest BCUT2D eigenvalue weighted by Crippen LogP contribution is -2.38. The summed E-state index contributed by atoms with van der Waals surface area (Å²) in [5, 5.41) is 1.30. The Hall–Kier alpha value is -3.32. The number of carbonyl (C=O) groups is 1. The minimum absolute atomic E-state index is 0.164. The molecule has 4 rings (SSSR count). The molecule has 1 aromatic heterocycles. The van der Waals surface area contributed by atoms with E-state index in [2.05, 4.69) is 15.4 Å². The van der Waals surface area contributed by atoms with Crippen LogP contribution in [0.3, 0.4) is 0 Å². The highest BCUT2D eigenvalue weighted by molar-refractivity contribution is 5.93. The van der Waals surface area contributed by atoms with Crippen LogP contribution in [0.4, 0.5) is 10.3 Å². The van der Waals surface area contributed by atoms with Gasteiger partial charge in [-0.05, 0) is 30.2 Å². The number of benzene rings is 2. The monoisotopic (exact) mass is 378 g/mol. The van der Waals surface area contributed by atoms with Gasteiger partial charge in [0.1, 0.15) is 5.82 Å². The standard InChI is InChI=1S/C21H19FN4O2/c1-13-17(11-14-7-9-16(22)10-8-14)20(28)24-21(23-13)26-19(27)12-18(25-26)15-5-3-2-4-6-15/h2-10,18,25H,11-12H2,1H3,(H,23,24,28). The molecule has 1 aliphatic rings. The van der Waals surface area contributed by atoms with Gasteiger partial charge >= 0.3 is 0 Å². The molecule has 1 amide bonds. The number of aromatic nitrogens is 2. The molecule has 3 aromatic rings. The number of rotatable bonds is 4. The molecule has 0 radical (unpaired) electrons. The summed E-state index contributed by atoms with van der Waals surface area (Å²) in [6.07, 6.45) is 0.618. The second-order valence-corrected chi connectivity index (χ2v) is 6.78. The third-order valence-electron chi connectivity index (χ3n) is 4.83. The van der Waals surface area contributed by atoms with Crippen LogP contribution in [0.2, 0.25) is 0 Å². The van der Waals surface area contributed by atoms with Crippen molar-refractivity contribution >= 4 is 11.9 Å². The topological polar surface area (TPSA) is 78.1 Å². The number of hydrogen-bond donors (Lipinski definition) is 2. The number of nitrogens with one attached hydrogen (secondary N) is 2. The molecule has 1 fully saturated rings. The molecule has 1 unspecified atom stereocenters. The molecule has 1 aliphatic heterocycles. The molecule has 28 heavy (non-hydrogen) atoms. The molecule has 1 atom stereocenters. The lowest BCUT2D eigenvalue weighted by Gasteiger charge is -2.18. The molecule has 142 valence electrons. The average molecular weight is 378 g/mol. The van der Waals surface area contributed by atoms with Gasteiger partial charge in [0.2, 0.25) is 11.9 Å². The molecule has 1 saturated heterocycles. The Bertz CT molecular complexity index is 1060. The Morgan fingerprint density at radius 1 is 1.11 bits per heavy atom. The van der Waals surface area contributed by atoms with Crippen molar-refractivity contribution in [1.29, 1.82) is 0 Å². The zero-order valence-corrected chi connectivity index (χ0v) is 15.3. The third-order valence-corrected chi connectivity index (χ3v) is 4.83. The molecule has 2 aromatic carbocycles. The average Bonchev–Trinajstić information content (AvgIpc) is 3.08. The highest BCUT2D eigenvalue weighted by Gasteiger charge is 2.33. The van der Waals surface area contributed by atoms with Gasteiger partial charge in [0.15, 0.2) is 0 Å². The van der Waals surface area contributed by atoms with E-state index in [9.17, 15) is 14.0 Å². The Labute approximate surface area is 161 Å². The maximum absolute atomic E-state index is 13.1. The van der Waals surface area contributed by atoms with E-state index in [1.54, 1.807) is 19.1 Å². The summed E-state index contributed by atoms with van der Waals surface area (Å²) >= 11 is 0. The van der Waals surface area contributed by atoms with Gasteiger partial charge in [-0.1, -0.05) is 42.5 Å². The highest BCUT2D eigenvalue weighted by atomic mass is 19.1. The van der Waals surface area contributed by atoms with Crippen LogP contribution in [-0.2, 0) is 11.2 Å². The largest absolute Gasteiger partial charge is 0.291 e. The Morgan fingerprint density at radius 3 is 2.50 bits per heavy atom. The van der Waals surface area contributed by atoms with Crippen molar-refractivity contribution in [3.05, 3.63) is 93.2 Å². The van der Waals surface area contributed by atoms with Crippen molar-refractivity contribution in [1.82, 2.24) is 15.4 Å². The fourth-order valence-electron chi connectivity index (χ4n) is 3.31. The molecular weight excluding hydrogens is 359 g/mol. The summed E-state index contributed by atoms with van der Waals surface area (Å²) < 4.78 is 13.1. The summed E-state index contributed by atoms with van der Waals surface area (Å²) in [6.45, 7) is 1.73. The van der Waals surface area contributed by atoms with Crippen LogP contribution in [0.5, 0.6) is 0 Å². The van der Waals surface area contributed by atoms with Crippen LogP contribution >= 0.6 is 0 Å². The highest BCUT2D eigenvalue weighted by Crippen LogP contribution is 2.25. The van der Waals surface area contributed by atoms with Crippen molar-refractivity contribution < 1.29 is 9.18 Å². The van der Waals surface area contributed by atoms with Gasteiger partial charge in [0.25, 0.3) is 5.56 Å². The molecule has 7 heteroatoms. The van der Waals surface area contributed by atoms with Crippen molar-refractivity contribution in [2.75, 3.05) is 5.01 Å². The first kappa shape index (κ1) is 18.1. The zero-order chi connectivity index (χ0) is 19.7. The summed E-state index contributed by atoms with van der Waals surface area (Å²) in [4.78, 5) is 32.2. The Morgan fingerprint density at radius 2 is 1.82 bits per heavy atom. The molecule has 2 N–H and O–H groups in total. The molecule has 0 aliphatic carbocycles. The van der Waals surface area contributed by atoms with Gasteiger partial charge in [0.05, 0.1) is 11.7 Å². The van der Waals surface area contributed by atoms with Crippen LogP contribution in [-0.4, -0.2) is 15.9 Å². The van der Waals surface area contributed by atoms with Gasteiger partial charge < -0.3 is 0 Å². The van der Waals surface area contributed by atoms with Crippen LogP contribution in [0.25, 0.3) is 0 Å². The summed E-state index contributed by atoms with van der Waals surface area (Å²) in [6, 6.07) is 15.5. The maximum Gasteiger partial charge on any atom is 0.256 e. The van der Waals surface area contributed by atoms with Crippen molar-refractivity contribution in [3.8, 4) is 0 Å². The van der Waals surface area contributed by atoms with Crippen LogP contribution in [0, 0.1) is 12.7 Å². The number of nitrogens with zero attached hydrogens (tertiary/aromatic N) is 2. The number of hydrazine groups is 1. The van der Waals surface area contributed by atoms with Gasteiger partial charge in [-0.3, -0.25) is 14.6 Å². The van der Waals surface area contributed by atoms with Gasteiger partial charge in [-0.15, -0.1) is 0 Å². The number of halogens is 1. The molecular formula is C21H19FN4O2. The number of hydrogen-bond acceptors (Lipinski definition) is 4. The van der Waals surface area contributed by atoms with E-state index in [0.717, 1.165) is 11.1 Å². The van der Waals surface area contributed by atoms with Crippen LogP contribution < -0.4 is 16.0 Å². The third kappa shape index (κ3) is 3.57. The van der Waals surface area contributed by atoms with E-state index in [-0.39, 0.29) is 35.7 Å². The lowest BCUT2D eigenvalue weighted by atomic mass is 10.1. The minimum atomic E-state index is -0.325. The van der Waals surface area contributed by atoms with E-state index in [1.807, 2.05) is 30.3 Å². The molecule has 0 bridgehead atoms. The van der Waals surface area contributed by atoms with Gasteiger partial charge in [-0.2, -0.15) is 0 Å². The zero-order valence-electron chi connectivity index (χ0n) is 15.3. The first-order valence-electron chi connectivity index (χ1n) is 8.99. The molecule has 0 spiro atoms. The summed E-state index contributed by atoms with van der Waals surface area (Å²) in [7, 11) is 0. The van der Waals surface area contributed by atoms with Gasteiger partial charge in [0, 0.05) is 18.4 Å². The van der Waals surface area contributed by atoms with E-state index < -0.39 is 0 Å². The molecule has 0 saturated carbocycles. The van der Waals surface area contributed by atoms with E-state index in [4.69, 9.17) is 0 Å². The quantitative estimate of drug-likeness (QED) is 0.732. The fraction of sp³-hybridized carbons (Fsp3) is 0.190. The van der Waals surface area contributed by atoms with Crippen molar-refractivity contribution in [2.24, 2.45) is 0 Å². The first-order chi connectivity index (χ1) is 13.5. The van der Waals surface area contributed by atoms with E-state index >= 15 is 0 Å². The number of carbonyl (C=O) groups excluding carboxylic acids is 1. The first-order valence-corrected chi connectivity index (χ1v) is 8.99. The number of aromatic amines is 1. The SMILES string of the molecule is Cc1nc(N2NC(c3ccccc3)CC2=O)[nH]c(=O)c1Cc1ccc(F)cc1. The number of aryl methyl sites for hydroxylation is 1. The summed E-state index contributed by atoms with van der Waals surface area (Å²) in [5.41, 5.74) is 5.61. The van der Waals surface area contributed by atoms with Crippen molar-refractivity contribution in [3.63, 3.8) is 0 Å².